The predicted octanol–water partition coefficient (Wildman–Crippen LogP) is 1.44. The van der Waals surface area contributed by atoms with Gasteiger partial charge >= 0.3 is 0 Å². The number of nitrogens with zero attached hydrogens (tertiary/aromatic N) is 3. The SMILES string of the molecule is CC(C)(CN1CCCC1)NC(=O)C1=NN=C2C1CC1CC21. The second-order valence-electron chi connectivity index (χ2n) is 7.72. The Labute approximate surface area is 125 Å². The Kier molecular flexibility index (Phi) is 2.96. The van der Waals surface area contributed by atoms with Gasteiger partial charge in [0, 0.05) is 23.9 Å². The summed E-state index contributed by atoms with van der Waals surface area (Å²) >= 11 is 0. The number of hydrogen-bond acceptors (Lipinski definition) is 4. The Balaban J connectivity index is 1.37. The van der Waals surface area contributed by atoms with Crippen LogP contribution in [0.2, 0.25) is 0 Å². The van der Waals surface area contributed by atoms with E-state index in [4.69, 9.17) is 0 Å². The van der Waals surface area contributed by atoms with Gasteiger partial charge in [0.05, 0.1) is 5.71 Å². The fourth-order valence-corrected chi connectivity index (χ4v) is 4.24. The largest absolute Gasteiger partial charge is 0.345 e. The van der Waals surface area contributed by atoms with Gasteiger partial charge in [-0.1, -0.05) is 0 Å². The average molecular weight is 288 g/mol. The molecule has 114 valence electrons. The number of hydrogen-bond donors (Lipinski definition) is 1. The topological polar surface area (TPSA) is 57.1 Å². The second-order valence-corrected chi connectivity index (χ2v) is 7.72. The van der Waals surface area contributed by atoms with Gasteiger partial charge in [0.25, 0.3) is 5.91 Å². The van der Waals surface area contributed by atoms with Gasteiger partial charge in [0.2, 0.25) is 0 Å². The minimum absolute atomic E-state index is 0.00996. The number of carbonyl (C=O) groups is 1. The van der Waals surface area contributed by atoms with Crippen molar-refractivity contribution in [2.45, 2.75) is 45.1 Å². The maximum atomic E-state index is 12.6. The zero-order chi connectivity index (χ0) is 14.6. The smallest absolute Gasteiger partial charge is 0.268 e. The molecule has 5 heteroatoms. The van der Waals surface area contributed by atoms with E-state index >= 15 is 0 Å². The third-order valence-corrected chi connectivity index (χ3v) is 5.30. The highest BCUT2D eigenvalue weighted by molar-refractivity contribution is 6.45. The molecule has 3 unspecified atom stereocenters. The van der Waals surface area contributed by atoms with Gasteiger partial charge in [-0.3, -0.25) is 4.79 Å². The summed E-state index contributed by atoms with van der Waals surface area (Å²) < 4.78 is 0. The molecule has 1 N–H and O–H groups in total. The normalized spacial score (nSPS) is 34.3. The third kappa shape index (κ3) is 2.41. The van der Waals surface area contributed by atoms with E-state index < -0.39 is 0 Å². The number of amides is 1. The fourth-order valence-electron chi connectivity index (χ4n) is 4.24. The number of rotatable bonds is 4. The molecule has 4 aliphatic rings. The first-order chi connectivity index (χ1) is 10.0. The summed E-state index contributed by atoms with van der Waals surface area (Å²) in [5.41, 5.74) is 1.63. The first-order valence-corrected chi connectivity index (χ1v) is 8.24. The van der Waals surface area contributed by atoms with Crippen LogP contribution in [0.1, 0.15) is 39.5 Å². The number of likely N-dealkylation sites (tertiary alicyclic amines) is 1. The molecule has 4 rings (SSSR count). The molecule has 0 aromatic rings. The number of nitrogens with one attached hydrogen (secondary N) is 1. The molecule has 21 heavy (non-hydrogen) atoms. The van der Waals surface area contributed by atoms with Gasteiger partial charge in [-0.2, -0.15) is 5.10 Å². The van der Waals surface area contributed by atoms with Gasteiger partial charge in [-0.05, 0) is 58.5 Å². The minimum atomic E-state index is -0.214. The van der Waals surface area contributed by atoms with Crippen LogP contribution in [0.15, 0.2) is 10.2 Å². The predicted molar refractivity (Wildman–Crippen MR) is 82.5 cm³/mol. The highest BCUT2D eigenvalue weighted by atomic mass is 16.2. The standard InChI is InChI=1S/C16H24N4O/c1-16(2,9-20-5-3-4-6-20)17-15(21)14-12-8-10-7-11(10)13(12)18-19-14/h10-12H,3-9H2,1-2H3,(H,17,21). The molecular formula is C16H24N4O. The maximum Gasteiger partial charge on any atom is 0.268 e. The van der Waals surface area contributed by atoms with Gasteiger partial charge in [0.15, 0.2) is 0 Å². The van der Waals surface area contributed by atoms with Crippen LogP contribution in [-0.4, -0.2) is 47.4 Å². The van der Waals surface area contributed by atoms with Gasteiger partial charge in [-0.15, -0.1) is 5.10 Å². The molecule has 3 atom stereocenters. The molecule has 1 saturated heterocycles. The van der Waals surface area contributed by atoms with Crippen LogP contribution in [0.4, 0.5) is 0 Å². The highest BCUT2D eigenvalue weighted by Crippen LogP contribution is 2.54. The van der Waals surface area contributed by atoms with Crippen LogP contribution in [0.25, 0.3) is 0 Å². The van der Waals surface area contributed by atoms with E-state index in [1.807, 2.05) is 0 Å². The molecule has 1 amide bonds. The minimum Gasteiger partial charge on any atom is -0.345 e. The van der Waals surface area contributed by atoms with Crippen LogP contribution in [-0.2, 0) is 4.79 Å². The zero-order valence-corrected chi connectivity index (χ0v) is 12.9. The van der Waals surface area contributed by atoms with Crippen molar-refractivity contribution < 1.29 is 4.79 Å². The molecule has 0 bridgehead atoms. The lowest BCUT2D eigenvalue weighted by molar-refractivity contribution is -0.116. The lowest BCUT2D eigenvalue weighted by Gasteiger charge is -2.31. The van der Waals surface area contributed by atoms with Crippen molar-refractivity contribution in [1.29, 1.82) is 0 Å². The monoisotopic (exact) mass is 288 g/mol. The average Bonchev–Trinajstić information content (AvgIpc) is 2.82. The highest BCUT2D eigenvalue weighted by Gasteiger charge is 2.55. The molecule has 2 aliphatic heterocycles. The molecular weight excluding hydrogens is 264 g/mol. The van der Waals surface area contributed by atoms with Crippen LogP contribution >= 0.6 is 0 Å². The Morgan fingerprint density at radius 1 is 1.29 bits per heavy atom. The molecule has 2 heterocycles. The first kappa shape index (κ1) is 13.4. The quantitative estimate of drug-likeness (QED) is 0.851. The van der Waals surface area contributed by atoms with Crippen molar-refractivity contribution in [2.24, 2.45) is 28.0 Å². The van der Waals surface area contributed by atoms with Crippen molar-refractivity contribution in [1.82, 2.24) is 10.2 Å². The lowest BCUT2D eigenvalue weighted by Crippen LogP contribution is -2.53. The zero-order valence-electron chi connectivity index (χ0n) is 12.9. The number of carbonyl (C=O) groups excluding carboxylic acids is 1. The summed E-state index contributed by atoms with van der Waals surface area (Å²) in [5.74, 6) is 1.63. The van der Waals surface area contributed by atoms with Gasteiger partial charge in [0.1, 0.15) is 5.71 Å². The molecule has 0 spiro atoms. The Bertz CT molecular complexity index is 530. The van der Waals surface area contributed by atoms with E-state index in [2.05, 4.69) is 34.3 Å². The second kappa shape index (κ2) is 4.63. The summed E-state index contributed by atoms with van der Waals surface area (Å²) in [4.78, 5) is 15.0. The molecule has 2 saturated carbocycles. The van der Waals surface area contributed by atoms with Crippen molar-refractivity contribution in [3.63, 3.8) is 0 Å². The summed E-state index contributed by atoms with van der Waals surface area (Å²) in [7, 11) is 0. The lowest BCUT2D eigenvalue weighted by atomic mass is 9.95. The van der Waals surface area contributed by atoms with Crippen LogP contribution in [0, 0.1) is 17.8 Å². The van der Waals surface area contributed by atoms with Crippen molar-refractivity contribution in [3.05, 3.63) is 0 Å². The first-order valence-electron chi connectivity index (χ1n) is 8.24. The van der Waals surface area contributed by atoms with E-state index in [1.165, 1.54) is 25.0 Å². The van der Waals surface area contributed by atoms with Crippen LogP contribution in [0.3, 0.4) is 0 Å². The molecule has 3 fully saturated rings. The summed E-state index contributed by atoms with van der Waals surface area (Å²) in [6, 6.07) is 0. The number of fused-ring (bicyclic) bond motifs is 3. The fraction of sp³-hybridized carbons (Fsp3) is 0.812. The van der Waals surface area contributed by atoms with Crippen LogP contribution < -0.4 is 5.32 Å². The molecule has 0 aromatic heterocycles. The summed E-state index contributed by atoms with van der Waals surface area (Å²) in [6.07, 6.45) is 4.90. The third-order valence-electron chi connectivity index (χ3n) is 5.30. The maximum absolute atomic E-state index is 12.6. The Morgan fingerprint density at radius 3 is 2.81 bits per heavy atom. The van der Waals surface area contributed by atoms with E-state index in [-0.39, 0.29) is 17.4 Å². The molecule has 2 aliphatic carbocycles. The molecule has 0 aromatic carbocycles. The van der Waals surface area contributed by atoms with Gasteiger partial charge < -0.3 is 10.2 Å². The summed E-state index contributed by atoms with van der Waals surface area (Å²) in [5, 5.41) is 11.7. The molecule has 5 nitrogen and oxygen atoms in total. The van der Waals surface area contributed by atoms with Gasteiger partial charge in [-0.25, -0.2) is 0 Å². The van der Waals surface area contributed by atoms with Crippen LogP contribution in [0.5, 0.6) is 0 Å². The summed E-state index contributed by atoms with van der Waals surface area (Å²) in [6.45, 7) is 7.42. The van der Waals surface area contributed by atoms with Crippen molar-refractivity contribution in [2.75, 3.05) is 19.6 Å². The Morgan fingerprint density at radius 2 is 2.05 bits per heavy atom. The van der Waals surface area contributed by atoms with Crippen molar-refractivity contribution >= 4 is 17.3 Å². The molecule has 0 radical (unpaired) electrons. The van der Waals surface area contributed by atoms with Crippen molar-refractivity contribution in [3.8, 4) is 0 Å². The van der Waals surface area contributed by atoms with E-state index in [0.717, 1.165) is 32.0 Å². The van der Waals surface area contributed by atoms with E-state index in [9.17, 15) is 4.79 Å². The van der Waals surface area contributed by atoms with E-state index in [0.29, 0.717) is 11.6 Å². The van der Waals surface area contributed by atoms with E-state index in [1.54, 1.807) is 0 Å². The Hall–Kier alpha value is -1.23.